The van der Waals surface area contributed by atoms with Gasteiger partial charge in [0.05, 0.1) is 29.8 Å². The molecule has 0 unspecified atom stereocenters. The van der Waals surface area contributed by atoms with Crippen molar-refractivity contribution in [3.8, 4) is 0 Å². The van der Waals surface area contributed by atoms with E-state index in [0.717, 1.165) is 12.0 Å². The summed E-state index contributed by atoms with van der Waals surface area (Å²) in [6.45, 7) is 5.88. The van der Waals surface area contributed by atoms with Crippen LogP contribution in [0.4, 0.5) is 5.82 Å². The number of benzene rings is 1. The Bertz CT molecular complexity index is 975. The van der Waals surface area contributed by atoms with Gasteiger partial charge >= 0.3 is 0 Å². The van der Waals surface area contributed by atoms with Crippen molar-refractivity contribution in [2.45, 2.75) is 48.8 Å². The lowest BCUT2D eigenvalue weighted by molar-refractivity contribution is 0.0985. The SMILES string of the molecule is Cc1ccc(S(=O)(=O)C2(c3cc(N4CCOC[C@@H]4C)nc(Cl)n3)CCC2)cc1. The summed E-state index contributed by atoms with van der Waals surface area (Å²) >= 11 is 6.25. The van der Waals surface area contributed by atoms with Crippen LogP contribution in [0, 0.1) is 6.92 Å². The number of aromatic nitrogens is 2. The predicted molar refractivity (Wildman–Crippen MR) is 109 cm³/mol. The number of hydrogen-bond acceptors (Lipinski definition) is 6. The fourth-order valence-corrected chi connectivity index (χ4v) is 6.29. The molecule has 2 heterocycles. The molecule has 1 aliphatic carbocycles. The maximum Gasteiger partial charge on any atom is 0.224 e. The first kappa shape index (κ1) is 19.6. The van der Waals surface area contributed by atoms with E-state index in [0.29, 0.717) is 49.0 Å². The number of sulfone groups is 1. The van der Waals surface area contributed by atoms with E-state index in [1.807, 2.05) is 19.1 Å². The van der Waals surface area contributed by atoms with Crippen molar-refractivity contribution < 1.29 is 13.2 Å². The Morgan fingerprint density at radius 2 is 1.93 bits per heavy atom. The minimum absolute atomic E-state index is 0.0802. The molecule has 4 rings (SSSR count). The van der Waals surface area contributed by atoms with E-state index in [-0.39, 0.29) is 11.3 Å². The molecule has 0 spiro atoms. The van der Waals surface area contributed by atoms with E-state index in [9.17, 15) is 8.42 Å². The fraction of sp³-hybridized carbons (Fsp3) is 0.500. The molecule has 1 atom stereocenters. The molecule has 0 bridgehead atoms. The summed E-state index contributed by atoms with van der Waals surface area (Å²) in [5.74, 6) is 0.663. The monoisotopic (exact) mass is 421 g/mol. The number of ether oxygens (including phenoxy) is 1. The van der Waals surface area contributed by atoms with Gasteiger partial charge in [-0.3, -0.25) is 0 Å². The van der Waals surface area contributed by atoms with Crippen molar-refractivity contribution in [3.63, 3.8) is 0 Å². The Labute approximate surface area is 170 Å². The Kier molecular flexibility index (Phi) is 5.10. The predicted octanol–water partition coefficient (Wildman–Crippen LogP) is 3.52. The topological polar surface area (TPSA) is 72.4 Å². The summed E-state index contributed by atoms with van der Waals surface area (Å²) < 4.78 is 31.6. The lowest BCUT2D eigenvalue weighted by Gasteiger charge is -2.41. The molecule has 150 valence electrons. The number of nitrogens with zero attached hydrogens (tertiary/aromatic N) is 3. The van der Waals surface area contributed by atoms with Crippen molar-refractivity contribution in [2.75, 3.05) is 24.7 Å². The zero-order valence-corrected chi connectivity index (χ0v) is 17.6. The van der Waals surface area contributed by atoms with E-state index in [4.69, 9.17) is 16.3 Å². The summed E-state index contributed by atoms with van der Waals surface area (Å²) in [6.07, 6.45) is 1.92. The summed E-state index contributed by atoms with van der Waals surface area (Å²) in [4.78, 5) is 11.2. The average molecular weight is 422 g/mol. The molecular weight excluding hydrogens is 398 g/mol. The summed E-state index contributed by atoms with van der Waals surface area (Å²) in [7, 11) is -3.60. The summed E-state index contributed by atoms with van der Waals surface area (Å²) in [6, 6.07) is 8.95. The fourth-order valence-electron chi connectivity index (χ4n) is 3.96. The van der Waals surface area contributed by atoms with Gasteiger partial charge in [-0.15, -0.1) is 0 Å². The maximum absolute atomic E-state index is 13.6. The molecule has 1 aromatic heterocycles. The molecule has 1 aromatic carbocycles. The number of halogens is 1. The number of hydrogen-bond donors (Lipinski definition) is 0. The van der Waals surface area contributed by atoms with Crippen LogP contribution in [0.1, 0.15) is 37.4 Å². The van der Waals surface area contributed by atoms with Crippen LogP contribution in [0.2, 0.25) is 5.28 Å². The normalized spacial score (nSPS) is 22.0. The van der Waals surface area contributed by atoms with Gasteiger partial charge < -0.3 is 9.64 Å². The zero-order chi connectivity index (χ0) is 19.9. The second-order valence-electron chi connectivity index (χ2n) is 7.66. The lowest BCUT2D eigenvalue weighted by atomic mass is 9.81. The van der Waals surface area contributed by atoms with Crippen LogP contribution in [-0.4, -0.2) is 44.2 Å². The standard InChI is InChI=1S/C20H24ClN3O3S/c1-14-4-6-16(7-5-14)28(25,26)20(8-3-9-20)17-12-18(23-19(21)22-17)24-10-11-27-13-15(24)2/h4-7,12,15H,3,8-11,13H2,1-2H3/t15-/m0/s1. The van der Waals surface area contributed by atoms with Crippen LogP contribution < -0.4 is 4.90 Å². The lowest BCUT2D eigenvalue weighted by Crippen LogP contribution is -2.45. The average Bonchev–Trinajstić information content (AvgIpc) is 2.61. The van der Waals surface area contributed by atoms with Crippen LogP contribution in [0.5, 0.6) is 0 Å². The first-order chi connectivity index (χ1) is 13.3. The maximum atomic E-state index is 13.6. The molecule has 28 heavy (non-hydrogen) atoms. The van der Waals surface area contributed by atoms with E-state index >= 15 is 0 Å². The van der Waals surface area contributed by atoms with Crippen molar-refractivity contribution in [1.82, 2.24) is 9.97 Å². The third-order valence-corrected chi connectivity index (χ3v) is 8.53. The summed E-state index contributed by atoms with van der Waals surface area (Å²) in [5.41, 5.74) is 1.52. The highest BCUT2D eigenvalue weighted by atomic mass is 35.5. The van der Waals surface area contributed by atoms with Crippen molar-refractivity contribution in [2.24, 2.45) is 0 Å². The Morgan fingerprint density at radius 3 is 2.54 bits per heavy atom. The number of morpholine rings is 1. The van der Waals surface area contributed by atoms with Crippen LogP contribution >= 0.6 is 11.6 Å². The molecule has 2 aromatic rings. The minimum Gasteiger partial charge on any atom is -0.377 e. The second kappa shape index (κ2) is 7.28. The quantitative estimate of drug-likeness (QED) is 0.703. The van der Waals surface area contributed by atoms with Gasteiger partial charge in [0.1, 0.15) is 10.6 Å². The third kappa shape index (κ3) is 3.19. The molecule has 1 saturated heterocycles. The smallest absolute Gasteiger partial charge is 0.224 e. The van der Waals surface area contributed by atoms with Gasteiger partial charge in [0.25, 0.3) is 0 Å². The van der Waals surface area contributed by atoms with Crippen LogP contribution in [0.3, 0.4) is 0 Å². The Balaban J connectivity index is 1.79. The number of aryl methyl sites for hydroxylation is 1. The van der Waals surface area contributed by atoms with Gasteiger partial charge in [-0.1, -0.05) is 17.7 Å². The van der Waals surface area contributed by atoms with Gasteiger partial charge in [0, 0.05) is 12.6 Å². The van der Waals surface area contributed by atoms with Crippen molar-refractivity contribution >= 4 is 27.3 Å². The minimum atomic E-state index is -3.60. The first-order valence-electron chi connectivity index (χ1n) is 9.54. The largest absolute Gasteiger partial charge is 0.377 e. The molecule has 2 fully saturated rings. The summed E-state index contributed by atoms with van der Waals surface area (Å²) in [5, 5.41) is 0.0802. The Morgan fingerprint density at radius 1 is 1.21 bits per heavy atom. The first-order valence-corrected chi connectivity index (χ1v) is 11.4. The van der Waals surface area contributed by atoms with Crippen molar-refractivity contribution in [1.29, 1.82) is 0 Å². The zero-order valence-electron chi connectivity index (χ0n) is 16.1. The molecule has 6 nitrogen and oxygen atoms in total. The van der Waals surface area contributed by atoms with E-state index < -0.39 is 14.6 Å². The van der Waals surface area contributed by atoms with Crippen LogP contribution in [-0.2, 0) is 19.3 Å². The molecule has 8 heteroatoms. The number of rotatable bonds is 4. The molecule has 0 N–H and O–H groups in total. The van der Waals surface area contributed by atoms with Gasteiger partial charge in [0.15, 0.2) is 9.84 Å². The van der Waals surface area contributed by atoms with Gasteiger partial charge in [0.2, 0.25) is 5.28 Å². The third-order valence-electron chi connectivity index (χ3n) is 5.82. The molecular formula is C20H24ClN3O3S. The highest BCUT2D eigenvalue weighted by Gasteiger charge is 2.52. The highest BCUT2D eigenvalue weighted by molar-refractivity contribution is 7.92. The Hall–Kier alpha value is -1.70. The second-order valence-corrected chi connectivity index (χ2v) is 10.3. The van der Waals surface area contributed by atoms with Crippen LogP contribution in [0.15, 0.2) is 35.2 Å². The van der Waals surface area contributed by atoms with E-state index in [1.54, 1.807) is 18.2 Å². The highest BCUT2D eigenvalue weighted by Crippen LogP contribution is 2.50. The number of anilines is 1. The van der Waals surface area contributed by atoms with E-state index in [2.05, 4.69) is 21.8 Å². The van der Waals surface area contributed by atoms with Crippen molar-refractivity contribution in [3.05, 3.63) is 46.9 Å². The van der Waals surface area contributed by atoms with Crippen LogP contribution in [0.25, 0.3) is 0 Å². The van der Waals surface area contributed by atoms with Gasteiger partial charge in [-0.2, -0.15) is 0 Å². The molecule has 1 saturated carbocycles. The van der Waals surface area contributed by atoms with Gasteiger partial charge in [-0.05, 0) is 56.8 Å². The van der Waals surface area contributed by atoms with E-state index in [1.165, 1.54) is 0 Å². The molecule has 2 aliphatic rings. The molecule has 0 radical (unpaired) electrons. The van der Waals surface area contributed by atoms with Gasteiger partial charge in [-0.25, -0.2) is 18.4 Å². The molecule has 0 amide bonds. The molecule has 1 aliphatic heterocycles.